The maximum absolute atomic E-state index is 11.4. The van der Waals surface area contributed by atoms with Crippen LogP contribution in [0.3, 0.4) is 0 Å². The third kappa shape index (κ3) is 5.16. The number of carboxylic acid groups (broad SMARTS) is 1. The Bertz CT molecular complexity index is 496. The van der Waals surface area contributed by atoms with E-state index in [1.165, 1.54) is 23.5 Å². The van der Waals surface area contributed by atoms with Gasteiger partial charge in [0.2, 0.25) is 0 Å². The Morgan fingerprint density at radius 2 is 1.65 bits per heavy atom. The van der Waals surface area contributed by atoms with Crippen molar-refractivity contribution in [1.29, 1.82) is 0 Å². The Morgan fingerprint density at radius 1 is 1.15 bits per heavy atom. The minimum absolute atomic E-state index is 0.0952. The summed E-state index contributed by atoms with van der Waals surface area (Å²) in [7, 11) is 0. The summed E-state index contributed by atoms with van der Waals surface area (Å²) in [5.41, 5.74) is 1.08. The molecular formula is C14H16O2S4. The van der Waals surface area contributed by atoms with Crippen molar-refractivity contribution < 1.29 is 9.90 Å². The van der Waals surface area contributed by atoms with Gasteiger partial charge in [-0.2, -0.15) is 0 Å². The topological polar surface area (TPSA) is 37.3 Å². The quantitative estimate of drug-likeness (QED) is 0.556. The van der Waals surface area contributed by atoms with E-state index in [-0.39, 0.29) is 4.58 Å². The van der Waals surface area contributed by atoms with Crippen molar-refractivity contribution in [1.82, 2.24) is 0 Å². The SMILES string of the molecule is CCC(=S)SC(SC(=S)CC)c1ccccc1C(=O)O. The maximum Gasteiger partial charge on any atom is 0.336 e. The van der Waals surface area contributed by atoms with E-state index < -0.39 is 5.97 Å². The number of benzene rings is 1. The van der Waals surface area contributed by atoms with Gasteiger partial charge in [-0.3, -0.25) is 0 Å². The first kappa shape index (κ1) is 17.6. The average molecular weight is 345 g/mol. The molecule has 0 fully saturated rings. The Labute approximate surface area is 138 Å². The molecule has 0 saturated carbocycles. The van der Waals surface area contributed by atoms with E-state index in [2.05, 4.69) is 0 Å². The third-order valence-electron chi connectivity index (χ3n) is 2.50. The molecule has 0 bridgehead atoms. The number of thioether (sulfide) groups is 2. The molecule has 0 unspecified atom stereocenters. The highest BCUT2D eigenvalue weighted by Gasteiger charge is 2.22. The highest BCUT2D eigenvalue weighted by Crippen LogP contribution is 2.43. The van der Waals surface area contributed by atoms with Gasteiger partial charge in [0.25, 0.3) is 0 Å². The number of carbonyl (C=O) groups is 1. The smallest absolute Gasteiger partial charge is 0.336 e. The van der Waals surface area contributed by atoms with Crippen molar-refractivity contribution in [2.75, 3.05) is 0 Å². The van der Waals surface area contributed by atoms with Gasteiger partial charge in [-0.1, -0.05) is 80.0 Å². The molecule has 20 heavy (non-hydrogen) atoms. The summed E-state index contributed by atoms with van der Waals surface area (Å²) in [6, 6.07) is 7.04. The molecule has 1 rings (SSSR count). The number of carboxylic acids is 1. The fourth-order valence-electron chi connectivity index (χ4n) is 1.45. The highest BCUT2D eigenvalue weighted by atomic mass is 32.2. The molecule has 0 spiro atoms. The van der Waals surface area contributed by atoms with Gasteiger partial charge in [0.05, 0.1) is 10.1 Å². The van der Waals surface area contributed by atoms with E-state index in [0.29, 0.717) is 5.56 Å². The molecule has 0 saturated heterocycles. The lowest BCUT2D eigenvalue weighted by Gasteiger charge is -2.18. The molecule has 0 heterocycles. The number of hydrogen-bond acceptors (Lipinski definition) is 5. The van der Waals surface area contributed by atoms with Crippen molar-refractivity contribution in [3.63, 3.8) is 0 Å². The van der Waals surface area contributed by atoms with Crippen LogP contribution in [0.5, 0.6) is 0 Å². The van der Waals surface area contributed by atoms with E-state index in [9.17, 15) is 9.90 Å². The molecular weight excluding hydrogens is 328 g/mol. The zero-order valence-electron chi connectivity index (χ0n) is 11.3. The summed E-state index contributed by atoms with van der Waals surface area (Å²) in [4.78, 5) is 11.4. The minimum Gasteiger partial charge on any atom is -0.478 e. The predicted octanol–water partition coefficient (Wildman–Crippen LogP) is 5.32. The molecule has 108 valence electrons. The highest BCUT2D eigenvalue weighted by molar-refractivity contribution is 8.35. The van der Waals surface area contributed by atoms with Crippen LogP contribution in [0.4, 0.5) is 0 Å². The van der Waals surface area contributed by atoms with Gasteiger partial charge < -0.3 is 5.11 Å². The zero-order valence-corrected chi connectivity index (χ0v) is 14.6. The Morgan fingerprint density at radius 3 is 2.10 bits per heavy atom. The summed E-state index contributed by atoms with van der Waals surface area (Å²) in [6.45, 7) is 4.00. The van der Waals surface area contributed by atoms with E-state index in [1.807, 2.05) is 26.0 Å². The lowest BCUT2D eigenvalue weighted by molar-refractivity contribution is 0.0696. The van der Waals surface area contributed by atoms with Crippen LogP contribution in [0, 0.1) is 0 Å². The van der Waals surface area contributed by atoms with Crippen LogP contribution in [0.2, 0.25) is 0 Å². The monoisotopic (exact) mass is 344 g/mol. The van der Waals surface area contributed by atoms with Gasteiger partial charge in [0.1, 0.15) is 0 Å². The van der Waals surface area contributed by atoms with Crippen molar-refractivity contribution >= 4 is 62.3 Å². The average Bonchev–Trinajstić information content (AvgIpc) is 2.46. The van der Waals surface area contributed by atoms with E-state index in [4.69, 9.17) is 24.4 Å². The lowest BCUT2D eigenvalue weighted by atomic mass is 10.1. The van der Waals surface area contributed by atoms with Crippen LogP contribution in [0.25, 0.3) is 0 Å². The molecule has 0 aliphatic heterocycles. The molecule has 0 radical (unpaired) electrons. The first-order valence-corrected chi connectivity index (χ1v) is 8.78. The van der Waals surface area contributed by atoms with Crippen LogP contribution in [-0.4, -0.2) is 19.5 Å². The molecule has 1 aromatic rings. The molecule has 0 aliphatic rings. The molecule has 1 N–H and O–H groups in total. The van der Waals surface area contributed by atoms with E-state index in [1.54, 1.807) is 12.1 Å². The van der Waals surface area contributed by atoms with Gasteiger partial charge in [0.15, 0.2) is 0 Å². The van der Waals surface area contributed by atoms with Gasteiger partial charge >= 0.3 is 5.97 Å². The maximum atomic E-state index is 11.4. The van der Waals surface area contributed by atoms with Crippen molar-refractivity contribution in [2.24, 2.45) is 0 Å². The van der Waals surface area contributed by atoms with E-state index in [0.717, 1.165) is 26.8 Å². The molecule has 1 aromatic carbocycles. The Balaban J connectivity index is 3.12. The number of rotatable bonds is 6. The number of aromatic carboxylic acids is 1. The van der Waals surface area contributed by atoms with Crippen molar-refractivity contribution in [3.05, 3.63) is 35.4 Å². The largest absolute Gasteiger partial charge is 0.478 e. The van der Waals surface area contributed by atoms with Crippen molar-refractivity contribution in [3.8, 4) is 0 Å². The minimum atomic E-state index is -0.920. The molecule has 6 heteroatoms. The second kappa shape index (κ2) is 8.77. The first-order valence-electron chi connectivity index (χ1n) is 6.20. The van der Waals surface area contributed by atoms with Crippen LogP contribution in [0.1, 0.15) is 47.2 Å². The molecule has 0 amide bonds. The molecule has 0 aliphatic carbocycles. The second-order valence-electron chi connectivity index (χ2n) is 3.91. The summed E-state index contributed by atoms with van der Waals surface area (Å²) in [6.07, 6.45) is 1.57. The van der Waals surface area contributed by atoms with Crippen LogP contribution < -0.4 is 0 Å². The summed E-state index contributed by atoms with van der Waals surface area (Å²) >= 11 is 13.6. The number of hydrogen-bond donors (Lipinski definition) is 1. The zero-order chi connectivity index (χ0) is 15.1. The van der Waals surface area contributed by atoms with E-state index >= 15 is 0 Å². The fourth-order valence-corrected chi connectivity index (χ4v) is 4.76. The lowest BCUT2D eigenvalue weighted by Crippen LogP contribution is -2.06. The van der Waals surface area contributed by atoms with Gasteiger partial charge in [-0.15, -0.1) is 0 Å². The summed E-state index contributed by atoms with van der Waals surface area (Å²) in [5, 5.41) is 9.31. The summed E-state index contributed by atoms with van der Waals surface area (Å²) < 4.78 is 1.63. The first-order chi connectivity index (χ1) is 9.49. The molecule has 2 nitrogen and oxygen atoms in total. The number of thiocarbonyl (C=S) groups is 2. The predicted molar refractivity (Wildman–Crippen MR) is 97.1 cm³/mol. The fraction of sp³-hybridized carbons (Fsp3) is 0.357. The van der Waals surface area contributed by atoms with Gasteiger partial charge in [0, 0.05) is 8.39 Å². The van der Waals surface area contributed by atoms with Crippen molar-refractivity contribution in [2.45, 2.75) is 31.3 Å². The third-order valence-corrected chi connectivity index (χ3v) is 6.27. The normalized spacial score (nSPS) is 10.6. The van der Waals surface area contributed by atoms with Gasteiger partial charge in [-0.25, -0.2) is 4.79 Å². The molecule has 0 atom stereocenters. The Hall–Kier alpha value is -0.430. The van der Waals surface area contributed by atoms with Crippen LogP contribution >= 0.6 is 48.0 Å². The van der Waals surface area contributed by atoms with Crippen LogP contribution in [0.15, 0.2) is 24.3 Å². The van der Waals surface area contributed by atoms with Gasteiger partial charge in [-0.05, 0) is 24.5 Å². The standard InChI is InChI=1S/C14H16O2S4/c1-3-11(17)19-14(20-12(18)4-2)10-8-6-5-7-9(10)13(15)16/h5-8,14H,3-4H2,1-2H3,(H,15,16). The summed E-state index contributed by atoms with van der Waals surface area (Å²) in [5.74, 6) is -0.920. The molecule has 0 aromatic heterocycles. The second-order valence-corrected chi connectivity index (χ2v) is 8.11. The Kier molecular flexibility index (Phi) is 7.72. The van der Waals surface area contributed by atoms with Crippen LogP contribution in [-0.2, 0) is 0 Å².